The Hall–Kier alpha value is -3.32. The average Bonchev–Trinajstić information content (AvgIpc) is 2.81. The van der Waals surface area contributed by atoms with Crippen LogP contribution in [-0.2, 0) is 9.59 Å². The highest BCUT2D eigenvalue weighted by Gasteiger charge is 2.34. The number of carbonyl (C=O) groups is 2. The second kappa shape index (κ2) is 7.84. The van der Waals surface area contributed by atoms with Crippen LogP contribution in [0.5, 0.6) is 0 Å². The van der Waals surface area contributed by atoms with Gasteiger partial charge < -0.3 is 10.2 Å². The Labute approximate surface area is 176 Å². The third kappa shape index (κ3) is 3.52. The lowest BCUT2D eigenvalue weighted by atomic mass is 9.97. The van der Waals surface area contributed by atoms with Crippen molar-refractivity contribution in [3.8, 4) is 11.1 Å². The summed E-state index contributed by atoms with van der Waals surface area (Å²) in [5.41, 5.74) is 1.63. The van der Waals surface area contributed by atoms with E-state index in [4.69, 9.17) is 11.6 Å². The van der Waals surface area contributed by atoms with E-state index in [1.165, 1.54) is 29.2 Å². The van der Waals surface area contributed by atoms with Crippen molar-refractivity contribution in [2.75, 3.05) is 16.8 Å². The molecule has 8 heteroatoms. The standard InChI is InChI=1S/C22H16ClF2N3O2/c1-12-21-14(4-3-9-26-21)20-16(24)5-2-6-18(20)28(22(12)30)11-19(29)27-13-7-8-15(23)17(25)10-13/h2-10,12H,11H2,1H3,(H,27,29)/t12-/m0/s1. The fourth-order valence-corrected chi connectivity index (χ4v) is 3.65. The van der Waals surface area contributed by atoms with Crippen molar-refractivity contribution in [3.05, 3.63) is 77.1 Å². The van der Waals surface area contributed by atoms with Gasteiger partial charge in [-0.1, -0.05) is 23.7 Å². The van der Waals surface area contributed by atoms with Gasteiger partial charge in [0.05, 0.1) is 22.3 Å². The number of hydrogen-bond acceptors (Lipinski definition) is 3. The van der Waals surface area contributed by atoms with Crippen molar-refractivity contribution in [1.82, 2.24) is 4.98 Å². The number of halogens is 3. The molecule has 5 nitrogen and oxygen atoms in total. The van der Waals surface area contributed by atoms with E-state index >= 15 is 0 Å². The number of aromatic nitrogens is 1. The molecule has 2 heterocycles. The number of pyridine rings is 1. The number of anilines is 2. The Balaban J connectivity index is 1.71. The highest BCUT2D eigenvalue weighted by Crippen LogP contribution is 2.41. The maximum absolute atomic E-state index is 14.8. The number of carbonyl (C=O) groups excluding carboxylic acids is 2. The Morgan fingerprint density at radius 1 is 1.17 bits per heavy atom. The predicted octanol–water partition coefficient (Wildman–Crippen LogP) is 4.77. The molecule has 0 radical (unpaired) electrons. The van der Waals surface area contributed by atoms with E-state index in [0.717, 1.165) is 6.07 Å². The zero-order valence-electron chi connectivity index (χ0n) is 15.8. The molecule has 152 valence electrons. The second-order valence-electron chi connectivity index (χ2n) is 6.89. The van der Waals surface area contributed by atoms with Gasteiger partial charge in [0, 0.05) is 23.0 Å². The Morgan fingerprint density at radius 2 is 1.97 bits per heavy atom. The normalized spacial score (nSPS) is 15.3. The van der Waals surface area contributed by atoms with Gasteiger partial charge in [-0.05, 0) is 43.3 Å². The summed E-state index contributed by atoms with van der Waals surface area (Å²) in [6.07, 6.45) is 1.54. The molecule has 2 aromatic carbocycles. The highest BCUT2D eigenvalue weighted by molar-refractivity contribution is 6.30. The smallest absolute Gasteiger partial charge is 0.244 e. The lowest BCUT2D eigenvalue weighted by molar-refractivity contribution is -0.122. The van der Waals surface area contributed by atoms with E-state index in [-0.39, 0.29) is 28.5 Å². The first-order chi connectivity index (χ1) is 14.4. The van der Waals surface area contributed by atoms with Crippen LogP contribution in [0.3, 0.4) is 0 Å². The summed E-state index contributed by atoms with van der Waals surface area (Å²) in [6, 6.07) is 11.6. The number of amides is 2. The fourth-order valence-electron chi connectivity index (χ4n) is 3.53. The van der Waals surface area contributed by atoms with Gasteiger partial charge in [-0.25, -0.2) is 8.78 Å². The van der Waals surface area contributed by atoms with Crippen LogP contribution in [0.4, 0.5) is 20.2 Å². The van der Waals surface area contributed by atoms with Gasteiger partial charge in [0.25, 0.3) is 0 Å². The van der Waals surface area contributed by atoms with Crippen molar-refractivity contribution in [3.63, 3.8) is 0 Å². The maximum atomic E-state index is 14.8. The molecule has 1 aliphatic heterocycles. The van der Waals surface area contributed by atoms with Gasteiger partial charge in [0.2, 0.25) is 11.8 Å². The van der Waals surface area contributed by atoms with Crippen LogP contribution < -0.4 is 10.2 Å². The minimum Gasteiger partial charge on any atom is -0.324 e. The van der Waals surface area contributed by atoms with Crippen LogP contribution in [0.1, 0.15) is 18.5 Å². The molecule has 2 amide bonds. The second-order valence-corrected chi connectivity index (χ2v) is 7.30. The van der Waals surface area contributed by atoms with Gasteiger partial charge in [-0.3, -0.25) is 14.6 Å². The molecule has 1 atom stereocenters. The van der Waals surface area contributed by atoms with Crippen molar-refractivity contribution in [2.24, 2.45) is 0 Å². The zero-order chi connectivity index (χ0) is 21.4. The summed E-state index contributed by atoms with van der Waals surface area (Å²) in [6.45, 7) is 1.29. The molecule has 0 aliphatic carbocycles. The van der Waals surface area contributed by atoms with Crippen molar-refractivity contribution in [2.45, 2.75) is 12.8 Å². The van der Waals surface area contributed by atoms with Crippen molar-refractivity contribution < 1.29 is 18.4 Å². The molecule has 1 aromatic heterocycles. The summed E-state index contributed by atoms with van der Waals surface area (Å²) < 4.78 is 28.5. The van der Waals surface area contributed by atoms with Crippen LogP contribution in [0.15, 0.2) is 54.7 Å². The van der Waals surface area contributed by atoms with E-state index in [0.29, 0.717) is 11.3 Å². The number of hydrogen-bond donors (Lipinski definition) is 1. The van der Waals surface area contributed by atoms with E-state index in [2.05, 4.69) is 10.3 Å². The largest absolute Gasteiger partial charge is 0.324 e. The predicted molar refractivity (Wildman–Crippen MR) is 110 cm³/mol. The fraction of sp³-hybridized carbons (Fsp3) is 0.136. The van der Waals surface area contributed by atoms with E-state index < -0.39 is 29.4 Å². The van der Waals surface area contributed by atoms with E-state index in [9.17, 15) is 18.4 Å². The van der Waals surface area contributed by atoms with E-state index in [1.807, 2.05) is 0 Å². The maximum Gasteiger partial charge on any atom is 0.244 e. The Bertz CT molecular complexity index is 1170. The number of nitrogens with zero attached hydrogens (tertiary/aromatic N) is 2. The van der Waals surface area contributed by atoms with Gasteiger partial charge in [0.1, 0.15) is 18.2 Å². The zero-order valence-corrected chi connectivity index (χ0v) is 16.6. The number of fused-ring (bicyclic) bond motifs is 3. The minimum atomic E-state index is -0.686. The lowest BCUT2D eigenvalue weighted by Crippen LogP contribution is -2.40. The van der Waals surface area contributed by atoms with Crippen LogP contribution in [0, 0.1) is 11.6 Å². The molecule has 1 aliphatic rings. The third-order valence-electron chi connectivity index (χ3n) is 4.94. The molecular weight excluding hydrogens is 412 g/mol. The first-order valence-electron chi connectivity index (χ1n) is 9.17. The lowest BCUT2D eigenvalue weighted by Gasteiger charge is -2.24. The van der Waals surface area contributed by atoms with Gasteiger partial charge in [-0.15, -0.1) is 0 Å². The summed E-state index contributed by atoms with van der Waals surface area (Å²) in [4.78, 5) is 31.3. The van der Waals surface area contributed by atoms with Crippen LogP contribution in [0.2, 0.25) is 5.02 Å². The van der Waals surface area contributed by atoms with Gasteiger partial charge in [0.15, 0.2) is 0 Å². The van der Waals surface area contributed by atoms with Crippen LogP contribution in [-0.4, -0.2) is 23.3 Å². The third-order valence-corrected chi connectivity index (χ3v) is 5.25. The number of nitrogens with one attached hydrogen (secondary N) is 1. The SMILES string of the molecule is C[C@@H]1C(=O)N(CC(=O)Nc2ccc(Cl)c(F)c2)c2cccc(F)c2-c2cccnc21. The van der Waals surface area contributed by atoms with E-state index in [1.54, 1.807) is 31.3 Å². The monoisotopic (exact) mass is 427 g/mol. The number of rotatable bonds is 3. The quantitative estimate of drug-likeness (QED) is 0.655. The molecule has 0 unspecified atom stereocenters. The molecule has 0 saturated carbocycles. The summed E-state index contributed by atoms with van der Waals surface area (Å²) >= 11 is 5.66. The topological polar surface area (TPSA) is 62.3 Å². The molecule has 0 spiro atoms. The first-order valence-corrected chi connectivity index (χ1v) is 9.54. The first kappa shape index (κ1) is 20.0. The summed E-state index contributed by atoms with van der Waals surface area (Å²) in [5.74, 6) is -2.84. The molecule has 3 aromatic rings. The van der Waals surface area contributed by atoms with Gasteiger partial charge in [-0.2, -0.15) is 0 Å². The van der Waals surface area contributed by atoms with Crippen LogP contribution >= 0.6 is 11.6 Å². The summed E-state index contributed by atoms with van der Waals surface area (Å²) in [5, 5.41) is 2.47. The molecule has 1 N–H and O–H groups in total. The number of benzene rings is 2. The average molecular weight is 428 g/mol. The molecular formula is C22H16ClF2N3O2. The molecule has 0 bridgehead atoms. The molecule has 30 heavy (non-hydrogen) atoms. The molecule has 0 fully saturated rings. The Kier molecular flexibility index (Phi) is 5.22. The van der Waals surface area contributed by atoms with Crippen molar-refractivity contribution in [1.29, 1.82) is 0 Å². The Morgan fingerprint density at radius 3 is 2.73 bits per heavy atom. The van der Waals surface area contributed by atoms with Crippen molar-refractivity contribution >= 4 is 34.8 Å². The highest BCUT2D eigenvalue weighted by atomic mass is 35.5. The molecule has 0 saturated heterocycles. The summed E-state index contributed by atoms with van der Waals surface area (Å²) in [7, 11) is 0. The minimum absolute atomic E-state index is 0.0702. The van der Waals surface area contributed by atoms with Crippen LogP contribution in [0.25, 0.3) is 11.1 Å². The van der Waals surface area contributed by atoms with Gasteiger partial charge >= 0.3 is 0 Å². The molecule has 4 rings (SSSR count).